The average molecular weight is 691 g/mol. The fourth-order valence-electron chi connectivity index (χ4n) is 5.79. The van der Waals surface area contributed by atoms with Crippen LogP contribution in [0.5, 0.6) is 0 Å². The van der Waals surface area contributed by atoms with Crippen molar-refractivity contribution in [3.63, 3.8) is 0 Å². The van der Waals surface area contributed by atoms with E-state index in [1.54, 1.807) is 4.90 Å². The van der Waals surface area contributed by atoms with Crippen LogP contribution in [0.4, 0.5) is 0 Å². The Balaban J connectivity index is 3.70. The Morgan fingerprint density at radius 3 is 0.750 bits per heavy atom. The minimum absolute atomic E-state index is 0.0528. The monoisotopic (exact) mass is 690 g/mol. The van der Waals surface area contributed by atoms with Gasteiger partial charge in [-0.1, -0.05) is 0 Å². The predicted octanol–water partition coefficient (Wildman–Crippen LogP) is -1.02. The first-order chi connectivity index (χ1) is 22.4. The van der Waals surface area contributed by atoms with Gasteiger partial charge in [-0.15, -0.1) is 0 Å². The maximum atomic E-state index is 12.7. The van der Waals surface area contributed by atoms with Gasteiger partial charge in [0.25, 0.3) is 0 Å². The highest BCUT2D eigenvalue weighted by atomic mass is 16.4. The van der Waals surface area contributed by atoms with Crippen molar-refractivity contribution in [3.8, 4) is 0 Å². The minimum atomic E-state index is -1.38. The van der Waals surface area contributed by atoms with Crippen LogP contribution in [-0.2, 0) is 38.4 Å². The Morgan fingerprint density at radius 2 is 0.583 bits per heavy atom. The molecule has 7 N–H and O–H groups in total. The van der Waals surface area contributed by atoms with Gasteiger partial charge >= 0.3 is 41.8 Å². The molecule has 1 aliphatic heterocycles. The van der Waals surface area contributed by atoms with E-state index in [0.29, 0.717) is 0 Å². The summed E-state index contributed by atoms with van der Waals surface area (Å²) in [6.07, 6.45) is -3.02. The number of rotatable bonds is 20. The summed E-state index contributed by atoms with van der Waals surface area (Å²) in [6.45, 7) is 0.313. The lowest BCUT2D eigenvalue weighted by molar-refractivity contribution is -0.148. The fraction of sp³-hybridized carbons (Fsp3) is 0.724. The summed E-state index contributed by atoms with van der Waals surface area (Å²) in [5.41, 5.74) is 0. The Kier molecular flexibility index (Phi) is 18.2. The summed E-state index contributed by atoms with van der Waals surface area (Å²) in [6, 6.07) is -5.06. The van der Waals surface area contributed by atoms with Crippen LogP contribution >= 0.6 is 0 Å². The van der Waals surface area contributed by atoms with Crippen LogP contribution in [0.15, 0.2) is 0 Å². The predicted molar refractivity (Wildman–Crippen MR) is 163 cm³/mol. The van der Waals surface area contributed by atoms with Gasteiger partial charge in [-0.2, -0.15) is 0 Å². The van der Waals surface area contributed by atoms with Crippen molar-refractivity contribution >= 4 is 47.6 Å². The standard InChI is InChI=1S/C29H46N4O15/c1-18(34)19(2-6-23(35)36)30-10-12-31(20(27(43)44)3-7-24(37)38)14-16-33(22(29(47)48)5-9-26(41)42)17-15-32(13-11-30)21(28(45)46)4-8-25(39)40/h19-22H,2-17H2,1H3,(H,35,36)(H,37,38)(H,39,40)(H,41,42)(H,43,44)(H,45,46)(H,47,48). The van der Waals surface area contributed by atoms with Gasteiger partial charge in [0.2, 0.25) is 0 Å². The minimum Gasteiger partial charge on any atom is -0.481 e. The normalized spacial score (nSPS) is 18.7. The summed E-state index contributed by atoms with van der Waals surface area (Å²) < 4.78 is 0. The smallest absolute Gasteiger partial charge is 0.320 e. The molecule has 0 saturated carbocycles. The molecule has 1 saturated heterocycles. The summed E-state index contributed by atoms with van der Waals surface area (Å²) in [7, 11) is 0. The SMILES string of the molecule is CC(=O)C(CCC(=O)O)N1CCN(C(CCC(=O)O)C(=O)O)CCN(C(CCC(=O)O)C(=O)O)CCN(C(CCC(=O)O)C(=O)O)CC1. The van der Waals surface area contributed by atoms with Crippen molar-refractivity contribution in [2.24, 2.45) is 0 Å². The number of Topliss-reactive ketones (excluding diaryl/α,β-unsaturated/α-hetero) is 1. The molecule has 0 spiro atoms. The van der Waals surface area contributed by atoms with E-state index in [1.165, 1.54) is 21.6 Å². The third-order valence-electron chi connectivity index (χ3n) is 8.31. The van der Waals surface area contributed by atoms with Gasteiger partial charge in [0.15, 0.2) is 0 Å². The molecule has 48 heavy (non-hydrogen) atoms. The van der Waals surface area contributed by atoms with Crippen molar-refractivity contribution in [1.82, 2.24) is 19.6 Å². The highest BCUT2D eigenvalue weighted by Crippen LogP contribution is 2.18. The first-order valence-corrected chi connectivity index (χ1v) is 15.5. The highest BCUT2D eigenvalue weighted by molar-refractivity contribution is 5.82. The van der Waals surface area contributed by atoms with Crippen molar-refractivity contribution in [2.45, 2.75) is 82.5 Å². The number of nitrogens with zero attached hydrogens (tertiary/aromatic N) is 4. The topological polar surface area (TPSA) is 291 Å². The third-order valence-corrected chi connectivity index (χ3v) is 8.31. The van der Waals surface area contributed by atoms with Gasteiger partial charge < -0.3 is 35.7 Å². The zero-order valence-corrected chi connectivity index (χ0v) is 26.8. The molecule has 0 amide bonds. The molecule has 0 aromatic rings. The van der Waals surface area contributed by atoms with Crippen molar-refractivity contribution in [3.05, 3.63) is 0 Å². The summed E-state index contributed by atoms with van der Waals surface area (Å²) in [5, 5.41) is 67.0. The third kappa shape index (κ3) is 15.1. The second kappa shape index (κ2) is 20.9. The molecule has 0 radical (unpaired) electrons. The van der Waals surface area contributed by atoms with Crippen LogP contribution in [-0.4, -0.2) is 179 Å². The second-order valence-corrected chi connectivity index (χ2v) is 11.6. The lowest BCUT2D eigenvalue weighted by atomic mass is 10.0. The molecular formula is C29H46N4O15. The van der Waals surface area contributed by atoms with Crippen LogP contribution < -0.4 is 0 Å². The van der Waals surface area contributed by atoms with Gasteiger partial charge in [0.1, 0.15) is 23.9 Å². The first-order valence-electron chi connectivity index (χ1n) is 15.5. The number of carboxylic acid groups (broad SMARTS) is 7. The Labute approximate surface area is 276 Å². The summed E-state index contributed by atoms with van der Waals surface area (Å²) >= 11 is 0. The van der Waals surface area contributed by atoms with E-state index in [-0.39, 0.29) is 84.5 Å². The lowest BCUT2D eigenvalue weighted by Crippen LogP contribution is -2.56. The first kappa shape index (κ1) is 41.8. The van der Waals surface area contributed by atoms with Crippen LogP contribution in [0.1, 0.15) is 58.3 Å². The highest BCUT2D eigenvalue weighted by Gasteiger charge is 2.34. The number of ketones is 1. The molecule has 1 aliphatic rings. The fourth-order valence-corrected chi connectivity index (χ4v) is 5.79. The van der Waals surface area contributed by atoms with E-state index in [2.05, 4.69) is 0 Å². The second-order valence-electron chi connectivity index (χ2n) is 11.6. The van der Waals surface area contributed by atoms with Crippen LogP contribution in [0.2, 0.25) is 0 Å². The molecule has 19 nitrogen and oxygen atoms in total. The molecular weight excluding hydrogens is 644 g/mol. The number of carbonyl (C=O) groups is 8. The number of carboxylic acids is 7. The molecule has 0 aliphatic carbocycles. The summed E-state index contributed by atoms with van der Waals surface area (Å²) in [4.78, 5) is 101. The van der Waals surface area contributed by atoms with Gasteiger partial charge in [0, 0.05) is 78.0 Å². The van der Waals surface area contributed by atoms with Crippen molar-refractivity contribution < 1.29 is 74.1 Å². The molecule has 0 aromatic carbocycles. The maximum Gasteiger partial charge on any atom is 0.320 e. The van der Waals surface area contributed by atoms with Crippen LogP contribution in [0, 0.1) is 0 Å². The molecule has 1 heterocycles. The van der Waals surface area contributed by atoms with Gasteiger partial charge in [0.05, 0.1) is 6.04 Å². The van der Waals surface area contributed by atoms with E-state index < -0.39 is 91.0 Å². The van der Waals surface area contributed by atoms with E-state index in [1.807, 2.05) is 0 Å². The zero-order valence-electron chi connectivity index (χ0n) is 26.8. The van der Waals surface area contributed by atoms with Gasteiger partial charge in [-0.3, -0.25) is 58.0 Å². The van der Waals surface area contributed by atoms with E-state index in [0.717, 1.165) is 0 Å². The Bertz CT molecular complexity index is 973. The van der Waals surface area contributed by atoms with Gasteiger partial charge in [-0.25, -0.2) is 0 Å². The lowest BCUT2D eigenvalue weighted by Gasteiger charge is -2.40. The Hall–Kier alpha value is -4.20. The van der Waals surface area contributed by atoms with Crippen molar-refractivity contribution in [1.29, 1.82) is 0 Å². The molecule has 4 unspecified atom stereocenters. The Morgan fingerprint density at radius 1 is 0.396 bits per heavy atom. The molecule has 0 aromatic heterocycles. The number of hydrogen-bond donors (Lipinski definition) is 7. The van der Waals surface area contributed by atoms with Crippen molar-refractivity contribution in [2.75, 3.05) is 52.4 Å². The molecule has 1 fully saturated rings. The quantitative estimate of drug-likeness (QED) is 0.0804. The van der Waals surface area contributed by atoms with Gasteiger partial charge in [-0.05, 0) is 32.6 Å². The number of aliphatic carboxylic acids is 7. The van der Waals surface area contributed by atoms with E-state index >= 15 is 0 Å². The largest absolute Gasteiger partial charge is 0.481 e. The van der Waals surface area contributed by atoms with Crippen LogP contribution in [0.3, 0.4) is 0 Å². The zero-order chi connectivity index (χ0) is 36.6. The molecule has 1 rings (SSSR count). The van der Waals surface area contributed by atoms with E-state index in [9.17, 15) is 74.1 Å². The molecule has 4 atom stereocenters. The molecule has 272 valence electrons. The average Bonchev–Trinajstić information content (AvgIpc) is 2.95. The van der Waals surface area contributed by atoms with Crippen LogP contribution in [0.25, 0.3) is 0 Å². The molecule has 0 bridgehead atoms. The number of hydrogen-bond acceptors (Lipinski definition) is 12. The number of carbonyl (C=O) groups excluding carboxylic acids is 1. The summed E-state index contributed by atoms with van der Waals surface area (Å²) in [5.74, 6) is -9.43. The molecule has 19 heteroatoms. The van der Waals surface area contributed by atoms with E-state index in [4.69, 9.17) is 0 Å². The maximum absolute atomic E-state index is 12.7.